The number of hydrogen-bond acceptors (Lipinski definition) is 4. The Morgan fingerprint density at radius 1 is 1.35 bits per heavy atom. The topological polar surface area (TPSA) is 38.1 Å². The molecule has 3 aromatic rings. The van der Waals surface area contributed by atoms with Crippen LogP contribution >= 0.6 is 11.3 Å². The Bertz CT molecular complexity index is 726. The Morgan fingerprint density at radius 3 is 3.10 bits per heavy atom. The van der Waals surface area contributed by atoms with Gasteiger partial charge in [-0.05, 0) is 38.4 Å². The zero-order valence-electron chi connectivity index (χ0n) is 11.3. The van der Waals surface area contributed by atoms with Gasteiger partial charge in [-0.2, -0.15) is 0 Å². The molecule has 0 saturated heterocycles. The minimum atomic E-state index is 0.453. The fourth-order valence-corrected chi connectivity index (χ4v) is 4.10. The van der Waals surface area contributed by atoms with Crippen molar-refractivity contribution in [3.05, 3.63) is 40.9 Å². The molecule has 3 nitrogen and oxygen atoms in total. The first kappa shape index (κ1) is 12.1. The van der Waals surface area contributed by atoms with Gasteiger partial charge < -0.3 is 9.73 Å². The number of para-hydroxylation sites is 1. The summed E-state index contributed by atoms with van der Waals surface area (Å²) in [7, 11) is 2.03. The largest absolute Gasteiger partial charge is 0.454 e. The van der Waals surface area contributed by atoms with Gasteiger partial charge in [0.15, 0.2) is 10.8 Å². The summed E-state index contributed by atoms with van der Waals surface area (Å²) in [5.41, 5.74) is 2.18. The molecule has 1 N–H and O–H groups in total. The molecule has 1 aliphatic rings. The van der Waals surface area contributed by atoms with E-state index in [1.807, 2.05) is 25.2 Å². The van der Waals surface area contributed by atoms with Gasteiger partial charge in [-0.15, -0.1) is 11.3 Å². The molecule has 0 fully saturated rings. The van der Waals surface area contributed by atoms with Crippen LogP contribution in [0.25, 0.3) is 21.7 Å². The molecular formula is C16H16N2OS. The van der Waals surface area contributed by atoms with Crippen molar-refractivity contribution in [1.29, 1.82) is 0 Å². The molecule has 0 spiro atoms. The molecule has 2 heterocycles. The first-order chi connectivity index (χ1) is 9.85. The molecule has 4 heteroatoms. The lowest BCUT2D eigenvalue weighted by Crippen LogP contribution is -2.19. The van der Waals surface area contributed by atoms with Crippen LogP contribution in [-0.4, -0.2) is 12.0 Å². The van der Waals surface area contributed by atoms with Gasteiger partial charge in [0.2, 0.25) is 0 Å². The molecule has 1 atom stereocenters. The number of nitrogens with zero attached hydrogens (tertiary/aromatic N) is 1. The van der Waals surface area contributed by atoms with E-state index in [1.165, 1.54) is 23.4 Å². The molecule has 0 saturated carbocycles. The molecule has 0 aliphatic heterocycles. The fraction of sp³-hybridized carbons (Fsp3) is 0.312. The zero-order chi connectivity index (χ0) is 13.5. The molecule has 102 valence electrons. The standard InChI is InChI=1S/C16H16N2OS/c1-17-11-6-4-7-12-15(11)20-16(18-12)14-9-10-5-2-3-8-13(10)19-14/h2-3,5,8-9,11,17H,4,6-7H2,1H3. The van der Waals surface area contributed by atoms with Gasteiger partial charge in [0.25, 0.3) is 0 Å². The Kier molecular flexibility index (Phi) is 2.86. The molecule has 1 aliphatic carbocycles. The van der Waals surface area contributed by atoms with Crippen molar-refractivity contribution < 1.29 is 4.42 Å². The highest BCUT2D eigenvalue weighted by Gasteiger charge is 2.24. The maximum Gasteiger partial charge on any atom is 0.164 e. The molecule has 1 unspecified atom stereocenters. The summed E-state index contributed by atoms with van der Waals surface area (Å²) in [4.78, 5) is 6.18. The van der Waals surface area contributed by atoms with Crippen LogP contribution in [0.1, 0.15) is 29.5 Å². The molecule has 1 aromatic carbocycles. The summed E-state index contributed by atoms with van der Waals surface area (Å²) in [6, 6.07) is 10.7. The molecule has 0 amide bonds. The van der Waals surface area contributed by atoms with Gasteiger partial charge in [-0.1, -0.05) is 18.2 Å². The average Bonchev–Trinajstić information content (AvgIpc) is 3.09. The van der Waals surface area contributed by atoms with Crippen molar-refractivity contribution in [2.45, 2.75) is 25.3 Å². The van der Waals surface area contributed by atoms with E-state index in [4.69, 9.17) is 9.40 Å². The van der Waals surface area contributed by atoms with Crippen LogP contribution in [0.3, 0.4) is 0 Å². The smallest absolute Gasteiger partial charge is 0.164 e. The van der Waals surface area contributed by atoms with Crippen molar-refractivity contribution in [1.82, 2.24) is 10.3 Å². The number of aryl methyl sites for hydroxylation is 1. The molecule has 0 bridgehead atoms. The summed E-state index contributed by atoms with van der Waals surface area (Å²) in [5.74, 6) is 0.889. The predicted molar refractivity (Wildman–Crippen MR) is 82.1 cm³/mol. The number of fused-ring (bicyclic) bond motifs is 2. The number of nitrogens with one attached hydrogen (secondary N) is 1. The summed E-state index contributed by atoms with van der Waals surface area (Å²) in [6.07, 6.45) is 3.50. The van der Waals surface area contributed by atoms with Crippen molar-refractivity contribution in [3.63, 3.8) is 0 Å². The van der Waals surface area contributed by atoms with Crippen LogP contribution < -0.4 is 5.32 Å². The number of furan rings is 1. The zero-order valence-corrected chi connectivity index (χ0v) is 12.2. The van der Waals surface area contributed by atoms with Gasteiger partial charge in [-0.3, -0.25) is 0 Å². The minimum Gasteiger partial charge on any atom is -0.454 e. The second kappa shape index (κ2) is 4.72. The number of rotatable bonds is 2. The average molecular weight is 284 g/mol. The number of hydrogen-bond donors (Lipinski definition) is 1. The van der Waals surface area contributed by atoms with E-state index in [0.29, 0.717) is 6.04 Å². The molecule has 20 heavy (non-hydrogen) atoms. The van der Waals surface area contributed by atoms with Crippen LogP contribution in [0.4, 0.5) is 0 Å². The van der Waals surface area contributed by atoms with Gasteiger partial charge in [0, 0.05) is 16.3 Å². The second-order valence-electron chi connectivity index (χ2n) is 5.21. The third kappa shape index (κ3) is 1.87. The minimum absolute atomic E-state index is 0.453. The molecule has 2 aromatic heterocycles. The van der Waals surface area contributed by atoms with E-state index in [2.05, 4.69) is 17.4 Å². The van der Waals surface area contributed by atoms with Crippen LogP contribution in [-0.2, 0) is 6.42 Å². The monoisotopic (exact) mass is 284 g/mol. The number of thiazole rings is 1. The molecule has 0 radical (unpaired) electrons. The van der Waals surface area contributed by atoms with E-state index in [0.717, 1.165) is 28.2 Å². The van der Waals surface area contributed by atoms with Crippen molar-refractivity contribution in [2.75, 3.05) is 7.05 Å². The number of aromatic nitrogens is 1. The Hall–Kier alpha value is -1.65. The van der Waals surface area contributed by atoms with Crippen LogP contribution in [0.2, 0.25) is 0 Å². The maximum absolute atomic E-state index is 5.93. The third-order valence-electron chi connectivity index (χ3n) is 3.94. The van der Waals surface area contributed by atoms with E-state index >= 15 is 0 Å². The maximum atomic E-state index is 5.93. The van der Waals surface area contributed by atoms with E-state index < -0.39 is 0 Å². The highest BCUT2D eigenvalue weighted by Crippen LogP contribution is 2.39. The van der Waals surface area contributed by atoms with Gasteiger partial charge in [-0.25, -0.2) is 4.98 Å². The van der Waals surface area contributed by atoms with E-state index in [1.54, 1.807) is 11.3 Å². The lowest BCUT2D eigenvalue weighted by Gasteiger charge is -2.19. The van der Waals surface area contributed by atoms with Crippen molar-refractivity contribution in [2.24, 2.45) is 0 Å². The van der Waals surface area contributed by atoms with E-state index in [9.17, 15) is 0 Å². The summed E-state index contributed by atoms with van der Waals surface area (Å²) in [5, 5.41) is 5.54. The first-order valence-electron chi connectivity index (χ1n) is 7.01. The second-order valence-corrected chi connectivity index (χ2v) is 6.24. The Morgan fingerprint density at radius 2 is 2.25 bits per heavy atom. The SMILES string of the molecule is CNC1CCCc2nc(-c3cc4ccccc4o3)sc21. The van der Waals surface area contributed by atoms with Gasteiger partial charge >= 0.3 is 0 Å². The Balaban J connectivity index is 1.80. The van der Waals surface area contributed by atoms with Gasteiger partial charge in [0.1, 0.15) is 5.58 Å². The van der Waals surface area contributed by atoms with E-state index in [-0.39, 0.29) is 0 Å². The fourth-order valence-electron chi connectivity index (χ4n) is 2.89. The predicted octanol–water partition coefficient (Wildman–Crippen LogP) is 4.15. The number of benzene rings is 1. The lowest BCUT2D eigenvalue weighted by molar-refractivity contribution is 0.501. The third-order valence-corrected chi connectivity index (χ3v) is 5.16. The van der Waals surface area contributed by atoms with Gasteiger partial charge in [0.05, 0.1) is 5.69 Å². The first-order valence-corrected chi connectivity index (χ1v) is 7.82. The highest BCUT2D eigenvalue weighted by molar-refractivity contribution is 7.15. The van der Waals surface area contributed by atoms with Crippen LogP contribution in [0.5, 0.6) is 0 Å². The molecular weight excluding hydrogens is 268 g/mol. The van der Waals surface area contributed by atoms with Crippen molar-refractivity contribution in [3.8, 4) is 10.8 Å². The lowest BCUT2D eigenvalue weighted by atomic mass is 9.98. The highest BCUT2D eigenvalue weighted by atomic mass is 32.1. The normalized spacial score (nSPS) is 18.4. The summed E-state index contributed by atoms with van der Waals surface area (Å²) in [6.45, 7) is 0. The Labute approximate surface area is 121 Å². The van der Waals surface area contributed by atoms with Crippen LogP contribution in [0.15, 0.2) is 34.7 Å². The van der Waals surface area contributed by atoms with Crippen LogP contribution in [0, 0.1) is 0 Å². The molecule has 4 rings (SSSR count). The quantitative estimate of drug-likeness (QED) is 0.768. The van der Waals surface area contributed by atoms with Crippen molar-refractivity contribution >= 4 is 22.3 Å². The summed E-state index contributed by atoms with van der Waals surface area (Å²) < 4.78 is 5.93. The summed E-state index contributed by atoms with van der Waals surface area (Å²) >= 11 is 1.77.